The van der Waals surface area contributed by atoms with Gasteiger partial charge in [-0.1, -0.05) is 54.6 Å². The number of furan rings is 1. The average Bonchev–Trinajstić information content (AvgIpc) is 3.62. The van der Waals surface area contributed by atoms with Gasteiger partial charge in [-0.2, -0.15) is 0 Å². The fourth-order valence-corrected chi connectivity index (χ4v) is 5.52. The second kappa shape index (κ2) is 10.3. The van der Waals surface area contributed by atoms with Crippen LogP contribution in [0.3, 0.4) is 0 Å². The van der Waals surface area contributed by atoms with Gasteiger partial charge in [0, 0.05) is 47.3 Å². The largest absolute Gasteiger partial charge is 0.492 e. The predicted molar refractivity (Wildman–Crippen MR) is 146 cm³/mol. The second-order valence-corrected chi connectivity index (χ2v) is 10.1. The fourth-order valence-electron chi connectivity index (χ4n) is 5.52. The van der Waals surface area contributed by atoms with Crippen LogP contribution in [0.4, 0.5) is 0 Å². The lowest BCUT2D eigenvalue weighted by molar-refractivity contribution is 0.0616. The number of nitrogens with zero attached hydrogens (tertiary/aromatic N) is 1. The van der Waals surface area contributed by atoms with Gasteiger partial charge in [0.15, 0.2) is 12.0 Å². The highest BCUT2D eigenvalue weighted by Gasteiger charge is 2.44. The van der Waals surface area contributed by atoms with Gasteiger partial charge < -0.3 is 19.4 Å². The number of rotatable bonds is 6. The number of benzene rings is 3. The van der Waals surface area contributed by atoms with Crippen LogP contribution in [0.2, 0.25) is 0 Å². The zero-order chi connectivity index (χ0) is 26.8. The summed E-state index contributed by atoms with van der Waals surface area (Å²) in [5, 5.41) is 2.92. The molecule has 3 aromatic carbocycles. The molecule has 4 aromatic rings. The Labute approximate surface area is 226 Å². The molecule has 39 heavy (non-hydrogen) atoms. The van der Waals surface area contributed by atoms with Gasteiger partial charge in [0.05, 0.1) is 6.61 Å². The lowest BCUT2D eigenvalue weighted by Crippen LogP contribution is -2.46. The molecule has 7 nitrogen and oxygen atoms in total. The zero-order valence-electron chi connectivity index (χ0n) is 21.4. The van der Waals surface area contributed by atoms with Crippen molar-refractivity contribution >= 4 is 18.1 Å². The molecular weight excluding hydrogens is 492 g/mol. The molecule has 0 radical (unpaired) electrons. The van der Waals surface area contributed by atoms with Gasteiger partial charge in [-0.25, -0.2) is 0 Å². The van der Waals surface area contributed by atoms with Gasteiger partial charge in [-0.05, 0) is 48.7 Å². The number of aldehydes is 1. The van der Waals surface area contributed by atoms with Crippen molar-refractivity contribution in [1.29, 1.82) is 0 Å². The lowest BCUT2D eigenvalue weighted by Gasteiger charge is -2.38. The molecule has 0 unspecified atom stereocenters. The molecule has 0 aliphatic carbocycles. The maximum atomic E-state index is 13.2. The number of ether oxygens (including phenoxy) is 1. The van der Waals surface area contributed by atoms with E-state index in [1.165, 1.54) is 0 Å². The third-order valence-electron chi connectivity index (χ3n) is 7.79. The van der Waals surface area contributed by atoms with Crippen molar-refractivity contribution in [3.63, 3.8) is 0 Å². The SMILES string of the molecule is O=Cc1ccccc1C(=O)NCc1ccc2c(c1)C1(CCN(C(=O)c3ccc(-c4ccccc4)o3)CC1)CO2. The molecule has 0 atom stereocenters. The van der Waals surface area contributed by atoms with E-state index < -0.39 is 0 Å². The first-order chi connectivity index (χ1) is 19.1. The van der Waals surface area contributed by atoms with Crippen molar-refractivity contribution < 1.29 is 23.5 Å². The molecule has 2 amide bonds. The standard InChI is InChI=1S/C32H28N2O5/c35-20-24-8-4-5-9-25(24)30(36)33-19-22-10-11-28-26(18-22)32(21-38-28)14-16-34(17-15-32)31(37)29-13-12-27(39-29)23-6-2-1-3-7-23/h1-13,18,20H,14-17,19,21H2,(H,33,36). The summed E-state index contributed by atoms with van der Waals surface area (Å²) in [4.78, 5) is 39.0. The maximum absolute atomic E-state index is 13.2. The van der Waals surface area contributed by atoms with Crippen molar-refractivity contribution in [3.05, 3.63) is 113 Å². The number of likely N-dealkylation sites (tertiary alicyclic amines) is 1. The molecule has 2 aliphatic heterocycles. The van der Waals surface area contributed by atoms with Crippen molar-refractivity contribution in [2.24, 2.45) is 0 Å². The molecule has 1 fully saturated rings. The van der Waals surface area contributed by atoms with Crippen LogP contribution in [0.5, 0.6) is 5.75 Å². The van der Waals surface area contributed by atoms with Crippen molar-refractivity contribution in [2.45, 2.75) is 24.8 Å². The van der Waals surface area contributed by atoms with E-state index in [1.54, 1.807) is 30.3 Å². The number of piperidine rings is 1. The normalized spacial score (nSPS) is 15.4. The van der Waals surface area contributed by atoms with Gasteiger partial charge in [-0.3, -0.25) is 14.4 Å². The minimum absolute atomic E-state index is 0.0989. The quantitative estimate of drug-likeness (QED) is 0.351. The first-order valence-corrected chi connectivity index (χ1v) is 13.1. The molecule has 1 saturated heterocycles. The Hall–Kier alpha value is -4.65. The number of amides is 2. The number of nitrogens with one attached hydrogen (secondary N) is 1. The van der Waals surface area contributed by atoms with E-state index in [0.29, 0.717) is 55.2 Å². The molecule has 0 saturated carbocycles. The summed E-state index contributed by atoms with van der Waals surface area (Å²) < 4.78 is 12.0. The van der Waals surface area contributed by atoms with Crippen molar-refractivity contribution in [1.82, 2.24) is 10.2 Å². The van der Waals surface area contributed by atoms with Crippen molar-refractivity contribution in [3.8, 4) is 17.1 Å². The Morgan fingerprint density at radius 2 is 1.69 bits per heavy atom. The molecular formula is C32H28N2O5. The highest BCUT2D eigenvalue weighted by Crippen LogP contribution is 2.46. The van der Waals surface area contributed by atoms with E-state index in [-0.39, 0.29) is 17.2 Å². The summed E-state index contributed by atoms with van der Waals surface area (Å²) in [6, 6.07) is 26.1. The van der Waals surface area contributed by atoms with Crippen molar-refractivity contribution in [2.75, 3.05) is 19.7 Å². The van der Waals surface area contributed by atoms with Crippen LogP contribution < -0.4 is 10.1 Å². The van der Waals surface area contributed by atoms with Gasteiger partial charge in [0.1, 0.15) is 11.5 Å². The Balaban J connectivity index is 1.12. The Kier molecular flexibility index (Phi) is 6.49. The number of hydrogen-bond donors (Lipinski definition) is 1. The summed E-state index contributed by atoms with van der Waals surface area (Å²) in [7, 11) is 0. The number of fused-ring (bicyclic) bond motifs is 2. The van der Waals surface area contributed by atoms with Gasteiger partial charge >= 0.3 is 0 Å². The summed E-state index contributed by atoms with van der Waals surface area (Å²) in [5.41, 5.74) is 3.57. The summed E-state index contributed by atoms with van der Waals surface area (Å²) in [5.74, 6) is 1.50. The topological polar surface area (TPSA) is 88.9 Å². The van der Waals surface area contributed by atoms with E-state index in [4.69, 9.17) is 9.15 Å². The molecule has 1 N–H and O–H groups in total. The van der Waals surface area contributed by atoms with E-state index in [0.717, 1.165) is 35.3 Å². The minimum atomic E-state index is -0.288. The number of carbonyl (C=O) groups excluding carboxylic acids is 3. The fraction of sp³-hybridized carbons (Fsp3) is 0.219. The summed E-state index contributed by atoms with van der Waals surface area (Å²) in [6.45, 7) is 2.12. The number of hydrogen-bond acceptors (Lipinski definition) is 5. The van der Waals surface area contributed by atoms with Gasteiger partial charge in [0.2, 0.25) is 0 Å². The lowest BCUT2D eigenvalue weighted by atomic mass is 9.74. The molecule has 196 valence electrons. The van der Waals surface area contributed by atoms with Gasteiger partial charge in [-0.15, -0.1) is 0 Å². The van der Waals surface area contributed by atoms with Crippen LogP contribution in [0.15, 0.2) is 89.3 Å². The number of carbonyl (C=O) groups is 3. The zero-order valence-corrected chi connectivity index (χ0v) is 21.4. The molecule has 7 heteroatoms. The van der Waals surface area contributed by atoms with Crippen LogP contribution in [0.25, 0.3) is 11.3 Å². The van der Waals surface area contributed by atoms with Crippen LogP contribution in [0.1, 0.15) is 55.2 Å². The van der Waals surface area contributed by atoms with Crippen LogP contribution in [-0.4, -0.2) is 42.7 Å². The second-order valence-electron chi connectivity index (χ2n) is 10.1. The van der Waals surface area contributed by atoms with Crippen LogP contribution in [-0.2, 0) is 12.0 Å². The Bertz CT molecular complexity index is 1530. The molecule has 2 aliphatic rings. The van der Waals surface area contributed by atoms with E-state index in [1.807, 2.05) is 53.4 Å². The molecule has 1 spiro atoms. The van der Waals surface area contributed by atoms with Crippen LogP contribution in [0, 0.1) is 0 Å². The highest BCUT2D eigenvalue weighted by atomic mass is 16.5. The molecule has 3 heterocycles. The minimum Gasteiger partial charge on any atom is -0.492 e. The molecule has 6 rings (SSSR count). The van der Waals surface area contributed by atoms with Gasteiger partial charge in [0.25, 0.3) is 11.8 Å². The first-order valence-electron chi connectivity index (χ1n) is 13.1. The summed E-state index contributed by atoms with van der Waals surface area (Å²) in [6.07, 6.45) is 2.25. The highest BCUT2D eigenvalue weighted by molar-refractivity contribution is 6.01. The molecule has 0 bridgehead atoms. The smallest absolute Gasteiger partial charge is 0.289 e. The third kappa shape index (κ3) is 4.72. The average molecular weight is 521 g/mol. The summed E-state index contributed by atoms with van der Waals surface area (Å²) >= 11 is 0. The third-order valence-corrected chi connectivity index (χ3v) is 7.79. The Morgan fingerprint density at radius 3 is 2.49 bits per heavy atom. The Morgan fingerprint density at radius 1 is 0.923 bits per heavy atom. The van der Waals surface area contributed by atoms with Crippen LogP contribution >= 0.6 is 0 Å². The van der Waals surface area contributed by atoms with E-state index in [2.05, 4.69) is 11.4 Å². The van der Waals surface area contributed by atoms with E-state index in [9.17, 15) is 14.4 Å². The first kappa shape index (κ1) is 24.7. The monoisotopic (exact) mass is 520 g/mol. The van der Waals surface area contributed by atoms with E-state index >= 15 is 0 Å². The predicted octanol–water partition coefficient (Wildman–Crippen LogP) is 5.26. The molecule has 1 aromatic heterocycles. The maximum Gasteiger partial charge on any atom is 0.289 e.